The van der Waals surface area contributed by atoms with Gasteiger partial charge in [-0.25, -0.2) is 0 Å². The minimum atomic E-state index is -0.949. The summed E-state index contributed by atoms with van der Waals surface area (Å²) in [4.78, 5) is 24.2. The Morgan fingerprint density at radius 3 is 2.48 bits per heavy atom. The van der Waals surface area contributed by atoms with Crippen molar-refractivity contribution in [3.8, 4) is 11.5 Å². The quantitative estimate of drug-likeness (QED) is 0.788. The van der Waals surface area contributed by atoms with Gasteiger partial charge in [0, 0.05) is 0 Å². The molecule has 0 bridgehead atoms. The number of amides is 1. The summed E-state index contributed by atoms with van der Waals surface area (Å²) in [7, 11) is 1.52. The zero-order chi connectivity index (χ0) is 18.4. The average Bonchev–Trinajstić information content (AvgIpc) is 2.57. The number of phenols is 1. The highest BCUT2D eigenvalue weighted by Gasteiger charge is 2.19. The van der Waals surface area contributed by atoms with Gasteiger partial charge in [-0.3, -0.25) is 9.59 Å². The molecule has 0 radical (unpaired) electrons. The molecule has 0 aliphatic heterocycles. The molecule has 0 saturated carbocycles. The van der Waals surface area contributed by atoms with Crippen molar-refractivity contribution in [1.82, 2.24) is 0 Å². The van der Waals surface area contributed by atoms with Gasteiger partial charge >= 0.3 is 5.97 Å². The van der Waals surface area contributed by atoms with Gasteiger partial charge in [-0.05, 0) is 49.2 Å². The van der Waals surface area contributed by atoms with Crippen molar-refractivity contribution in [2.45, 2.75) is 26.4 Å². The number of hydrogen-bond donors (Lipinski definition) is 2. The van der Waals surface area contributed by atoms with E-state index in [1.54, 1.807) is 24.3 Å². The first-order chi connectivity index (χ1) is 11.9. The van der Waals surface area contributed by atoms with E-state index < -0.39 is 18.0 Å². The number of rotatable bonds is 6. The lowest BCUT2D eigenvalue weighted by Gasteiger charge is -2.15. The van der Waals surface area contributed by atoms with Crippen LogP contribution in [0.5, 0.6) is 11.5 Å². The molecule has 1 atom stereocenters. The average molecular weight is 343 g/mol. The third kappa shape index (κ3) is 5.24. The number of aromatic hydroxyl groups is 1. The Kier molecular flexibility index (Phi) is 6.00. The first kappa shape index (κ1) is 18.3. The molecule has 2 N–H and O–H groups in total. The van der Waals surface area contributed by atoms with Gasteiger partial charge in [-0.15, -0.1) is 0 Å². The molecule has 2 aromatic carbocycles. The van der Waals surface area contributed by atoms with Gasteiger partial charge in [0.05, 0.1) is 19.2 Å². The van der Waals surface area contributed by atoms with Crippen LogP contribution in [0.1, 0.15) is 18.1 Å². The zero-order valence-electron chi connectivity index (χ0n) is 14.4. The molecule has 0 aliphatic carbocycles. The van der Waals surface area contributed by atoms with E-state index in [0.29, 0.717) is 17.0 Å². The van der Waals surface area contributed by atoms with Gasteiger partial charge in [0.25, 0.3) is 5.91 Å². The first-order valence-electron chi connectivity index (χ1n) is 7.82. The summed E-state index contributed by atoms with van der Waals surface area (Å²) >= 11 is 0. The fourth-order valence-corrected chi connectivity index (χ4v) is 2.23. The number of ether oxygens (including phenoxy) is 2. The molecule has 0 saturated heterocycles. The van der Waals surface area contributed by atoms with Gasteiger partial charge in [-0.2, -0.15) is 0 Å². The molecule has 132 valence electrons. The molecule has 0 fully saturated rings. The summed E-state index contributed by atoms with van der Waals surface area (Å²) < 4.78 is 10.4. The van der Waals surface area contributed by atoms with Crippen LogP contribution in [-0.4, -0.2) is 30.2 Å². The Labute approximate surface area is 146 Å². The van der Waals surface area contributed by atoms with E-state index in [0.717, 1.165) is 5.56 Å². The van der Waals surface area contributed by atoms with Crippen LogP contribution in [-0.2, 0) is 20.7 Å². The van der Waals surface area contributed by atoms with Gasteiger partial charge in [0.1, 0.15) is 11.5 Å². The van der Waals surface area contributed by atoms with E-state index in [1.165, 1.54) is 26.2 Å². The molecule has 2 rings (SSSR count). The zero-order valence-corrected chi connectivity index (χ0v) is 14.4. The highest BCUT2D eigenvalue weighted by atomic mass is 16.5. The fourth-order valence-electron chi connectivity index (χ4n) is 2.23. The maximum absolute atomic E-state index is 12.2. The van der Waals surface area contributed by atoms with Crippen LogP contribution in [0.4, 0.5) is 5.69 Å². The predicted octanol–water partition coefficient (Wildman–Crippen LogP) is 2.82. The standard InChI is InChI=1S/C19H21NO5/c1-12-4-9-17(24-3)16(10-12)20-19(23)13(2)25-18(22)11-14-5-7-15(21)8-6-14/h4-10,13,21H,11H2,1-3H3,(H,20,23)/t13-/m0/s1. The van der Waals surface area contributed by atoms with E-state index in [1.807, 2.05) is 13.0 Å². The van der Waals surface area contributed by atoms with Crippen molar-refractivity contribution in [3.05, 3.63) is 53.6 Å². The molecule has 0 unspecified atom stereocenters. The first-order valence-corrected chi connectivity index (χ1v) is 7.82. The van der Waals surface area contributed by atoms with Crippen molar-refractivity contribution in [3.63, 3.8) is 0 Å². The van der Waals surface area contributed by atoms with Crippen LogP contribution in [0.3, 0.4) is 0 Å². The molecule has 2 aromatic rings. The maximum atomic E-state index is 12.2. The molecular formula is C19H21NO5. The van der Waals surface area contributed by atoms with E-state index in [-0.39, 0.29) is 12.2 Å². The summed E-state index contributed by atoms with van der Waals surface area (Å²) in [6, 6.07) is 11.6. The summed E-state index contributed by atoms with van der Waals surface area (Å²) in [6.45, 7) is 3.41. The molecule has 0 aliphatic rings. The van der Waals surface area contributed by atoms with Crippen molar-refractivity contribution < 1.29 is 24.2 Å². The lowest BCUT2D eigenvalue weighted by atomic mass is 10.1. The molecule has 25 heavy (non-hydrogen) atoms. The second kappa shape index (κ2) is 8.19. The van der Waals surface area contributed by atoms with Crippen LogP contribution >= 0.6 is 0 Å². The third-order valence-corrected chi connectivity index (χ3v) is 3.58. The van der Waals surface area contributed by atoms with Gasteiger partial charge in [0.15, 0.2) is 6.10 Å². The van der Waals surface area contributed by atoms with Crippen molar-refractivity contribution >= 4 is 17.6 Å². The summed E-state index contributed by atoms with van der Waals surface area (Å²) in [5.41, 5.74) is 2.18. The minimum Gasteiger partial charge on any atom is -0.508 e. The van der Waals surface area contributed by atoms with Gasteiger partial charge in [0.2, 0.25) is 0 Å². The third-order valence-electron chi connectivity index (χ3n) is 3.58. The number of phenolic OH excluding ortho intramolecular Hbond substituents is 1. The van der Waals surface area contributed by atoms with E-state index in [2.05, 4.69) is 5.32 Å². The molecule has 6 nitrogen and oxygen atoms in total. The number of aryl methyl sites for hydroxylation is 1. The summed E-state index contributed by atoms with van der Waals surface area (Å²) in [5.74, 6) is -0.314. The number of hydrogen-bond acceptors (Lipinski definition) is 5. The second-order valence-corrected chi connectivity index (χ2v) is 5.67. The molecule has 6 heteroatoms. The lowest BCUT2D eigenvalue weighted by Crippen LogP contribution is -2.30. The number of carbonyl (C=O) groups excluding carboxylic acids is 2. The van der Waals surface area contributed by atoms with Crippen molar-refractivity contribution in [2.75, 3.05) is 12.4 Å². The van der Waals surface area contributed by atoms with Crippen LogP contribution in [0.25, 0.3) is 0 Å². The largest absolute Gasteiger partial charge is 0.508 e. The fraction of sp³-hybridized carbons (Fsp3) is 0.263. The summed E-state index contributed by atoms with van der Waals surface area (Å²) in [5, 5.41) is 11.9. The molecule has 0 heterocycles. The van der Waals surface area contributed by atoms with E-state index in [4.69, 9.17) is 9.47 Å². The van der Waals surface area contributed by atoms with Gasteiger partial charge in [-0.1, -0.05) is 18.2 Å². The number of esters is 1. The SMILES string of the molecule is COc1ccc(C)cc1NC(=O)[C@H](C)OC(=O)Cc1ccc(O)cc1. The smallest absolute Gasteiger partial charge is 0.311 e. The monoisotopic (exact) mass is 343 g/mol. The van der Waals surface area contributed by atoms with E-state index >= 15 is 0 Å². The second-order valence-electron chi connectivity index (χ2n) is 5.67. The topological polar surface area (TPSA) is 84.9 Å². The van der Waals surface area contributed by atoms with E-state index in [9.17, 15) is 14.7 Å². The lowest BCUT2D eigenvalue weighted by molar-refractivity contribution is -0.152. The number of nitrogens with one attached hydrogen (secondary N) is 1. The van der Waals surface area contributed by atoms with Crippen LogP contribution in [0.2, 0.25) is 0 Å². The Morgan fingerprint density at radius 2 is 1.84 bits per heavy atom. The van der Waals surface area contributed by atoms with Gasteiger partial charge < -0.3 is 19.9 Å². The Hall–Kier alpha value is -3.02. The highest BCUT2D eigenvalue weighted by molar-refractivity contribution is 5.96. The predicted molar refractivity (Wildman–Crippen MR) is 93.7 cm³/mol. The highest BCUT2D eigenvalue weighted by Crippen LogP contribution is 2.25. The Bertz CT molecular complexity index is 755. The number of carbonyl (C=O) groups is 2. The molecule has 0 aromatic heterocycles. The van der Waals surface area contributed by atoms with Crippen LogP contribution < -0.4 is 10.1 Å². The van der Waals surface area contributed by atoms with Crippen LogP contribution in [0.15, 0.2) is 42.5 Å². The number of benzene rings is 2. The minimum absolute atomic E-state index is 0.0195. The van der Waals surface area contributed by atoms with Crippen LogP contribution in [0, 0.1) is 6.92 Å². The summed E-state index contributed by atoms with van der Waals surface area (Å²) in [6.07, 6.45) is -0.930. The normalized spacial score (nSPS) is 11.5. The van der Waals surface area contributed by atoms with Crippen molar-refractivity contribution in [2.24, 2.45) is 0 Å². The Morgan fingerprint density at radius 1 is 1.16 bits per heavy atom. The maximum Gasteiger partial charge on any atom is 0.311 e. The molecule has 0 spiro atoms. The van der Waals surface area contributed by atoms with Crippen molar-refractivity contribution in [1.29, 1.82) is 0 Å². The number of methoxy groups -OCH3 is 1. The Balaban J connectivity index is 1.94. The number of anilines is 1. The molecule has 1 amide bonds. The molecular weight excluding hydrogens is 322 g/mol.